The number of thiazole rings is 1. The molecule has 0 fully saturated rings. The van der Waals surface area contributed by atoms with E-state index in [1.165, 1.54) is 16.9 Å². The zero-order valence-electron chi connectivity index (χ0n) is 23.0. The van der Waals surface area contributed by atoms with Crippen molar-refractivity contribution >= 4 is 29.1 Å². The summed E-state index contributed by atoms with van der Waals surface area (Å²) in [5, 5.41) is 9.29. The van der Waals surface area contributed by atoms with Crippen molar-refractivity contribution < 1.29 is 19.1 Å². The second kappa shape index (κ2) is 10.2. The van der Waals surface area contributed by atoms with E-state index in [9.17, 15) is 14.7 Å². The minimum absolute atomic E-state index is 0.139. The number of fused-ring (bicyclic) bond motifs is 3. The number of hydrogen-bond donors (Lipinski definition) is 1. The average molecular weight is 575 g/mol. The summed E-state index contributed by atoms with van der Waals surface area (Å²) in [7, 11) is 1.65. The Hall–Kier alpha value is -4.95. The van der Waals surface area contributed by atoms with Crippen molar-refractivity contribution in [3.63, 3.8) is 0 Å². The minimum Gasteiger partial charge on any atom is -0.496 e. The SMILES string of the molecule is COc1ccccc1C1C2=C(N=c3s/c(=C/c4ccc(-c5ccc(C(=O)O)cc5C)o4)c(=O)n31)c1ccccc1CC2. The standard InChI is InChI=1S/C34H26N2O5S/c1-19-17-21(33(38)39)12-14-23(19)28-16-13-22(41-28)18-29-32(37)36-31(25-9-5-6-10-27(25)40-2)26-15-11-20-7-3-4-8-24(20)30(26)35-34(36)42-29/h3-10,12-14,16-18,31H,11,15H2,1-2H3,(H,38,39)/b29-18+. The molecule has 1 aliphatic carbocycles. The van der Waals surface area contributed by atoms with Crippen LogP contribution in [0.4, 0.5) is 0 Å². The highest BCUT2D eigenvalue weighted by Crippen LogP contribution is 2.43. The number of carboxylic acid groups (broad SMARTS) is 1. The first-order chi connectivity index (χ1) is 20.4. The Morgan fingerprint density at radius 1 is 1.05 bits per heavy atom. The normalized spacial score (nSPS) is 16.0. The molecule has 42 heavy (non-hydrogen) atoms. The number of rotatable bonds is 5. The van der Waals surface area contributed by atoms with Crippen LogP contribution in [-0.2, 0) is 6.42 Å². The Bertz CT molecular complexity index is 2110. The van der Waals surface area contributed by atoms with Crippen molar-refractivity contribution in [3.05, 3.63) is 138 Å². The molecule has 208 valence electrons. The first-order valence-electron chi connectivity index (χ1n) is 13.6. The maximum atomic E-state index is 14.1. The molecule has 3 aromatic carbocycles. The molecule has 0 saturated heterocycles. The highest BCUT2D eigenvalue weighted by molar-refractivity contribution is 7.07. The van der Waals surface area contributed by atoms with E-state index in [-0.39, 0.29) is 17.2 Å². The molecule has 2 aliphatic rings. The Balaban J connectivity index is 1.38. The summed E-state index contributed by atoms with van der Waals surface area (Å²) in [5.41, 5.74) is 7.00. The van der Waals surface area contributed by atoms with Gasteiger partial charge in [0.25, 0.3) is 5.56 Å². The van der Waals surface area contributed by atoms with Crippen molar-refractivity contribution in [1.82, 2.24) is 4.57 Å². The van der Waals surface area contributed by atoms with Gasteiger partial charge in [-0.05, 0) is 66.8 Å². The van der Waals surface area contributed by atoms with Crippen molar-refractivity contribution in [2.45, 2.75) is 25.8 Å². The van der Waals surface area contributed by atoms with Crippen LogP contribution in [0.3, 0.4) is 0 Å². The molecule has 7 rings (SSSR count). The first-order valence-corrected chi connectivity index (χ1v) is 14.4. The highest BCUT2D eigenvalue weighted by atomic mass is 32.1. The molecule has 5 aromatic rings. The van der Waals surface area contributed by atoms with E-state index >= 15 is 0 Å². The second-order valence-electron chi connectivity index (χ2n) is 10.4. The van der Waals surface area contributed by atoms with Crippen LogP contribution in [0.5, 0.6) is 5.75 Å². The molecule has 0 radical (unpaired) electrons. The molecular weight excluding hydrogens is 548 g/mol. The van der Waals surface area contributed by atoms with E-state index in [0.29, 0.717) is 20.9 Å². The average Bonchev–Trinajstić information content (AvgIpc) is 3.59. The fourth-order valence-electron chi connectivity index (χ4n) is 5.97. The summed E-state index contributed by atoms with van der Waals surface area (Å²) in [4.78, 5) is 31.1. The van der Waals surface area contributed by atoms with Gasteiger partial charge in [-0.15, -0.1) is 0 Å². The van der Waals surface area contributed by atoms with Gasteiger partial charge in [-0.3, -0.25) is 9.36 Å². The van der Waals surface area contributed by atoms with Crippen LogP contribution in [0.2, 0.25) is 0 Å². The van der Waals surface area contributed by atoms with Gasteiger partial charge in [0.05, 0.1) is 28.9 Å². The molecule has 3 heterocycles. The topological polar surface area (TPSA) is 94.0 Å². The number of allylic oxidation sites excluding steroid dienone is 1. The zero-order valence-corrected chi connectivity index (χ0v) is 23.8. The van der Waals surface area contributed by atoms with Crippen LogP contribution >= 0.6 is 11.3 Å². The number of furan rings is 1. The van der Waals surface area contributed by atoms with Gasteiger partial charge in [0.1, 0.15) is 17.3 Å². The number of para-hydroxylation sites is 1. The Labute approximate surface area is 245 Å². The fourth-order valence-corrected chi connectivity index (χ4v) is 6.95. The van der Waals surface area contributed by atoms with Crippen molar-refractivity contribution in [2.75, 3.05) is 7.11 Å². The molecule has 1 N–H and O–H groups in total. The molecule has 1 atom stereocenters. The maximum absolute atomic E-state index is 14.1. The molecule has 0 bridgehead atoms. The smallest absolute Gasteiger partial charge is 0.335 e. The van der Waals surface area contributed by atoms with E-state index in [1.54, 1.807) is 36.0 Å². The van der Waals surface area contributed by atoms with Crippen molar-refractivity contribution in [2.24, 2.45) is 4.99 Å². The summed E-state index contributed by atoms with van der Waals surface area (Å²) in [6.07, 6.45) is 3.43. The summed E-state index contributed by atoms with van der Waals surface area (Å²) >= 11 is 1.34. The van der Waals surface area contributed by atoms with Gasteiger partial charge < -0.3 is 14.3 Å². The van der Waals surface area contributed by atoms with Gasteiger partial charge in [-0.2, -0.15) is 0 Å². The van der Waals surface area contributed by atoms with Crippen molar-refractivity contribution in [3.8, 4) is 17.1 Å². The van der Waals surface area contributed by atoms with Crippen LogP contribution in [0.15, 0.2) is 98.6 Å². The third kappa shape index (κ3) is 4.23. The molecule has 0 amide bonds. The number of carbonyl (C=O) groups is 1. The van der Waals surface area contributed by atoms with E-state index < -0.39 is 5.97 Å². The number of hydrogen-bond acceptors (Lipinski definition) is 6. The van der Waals surface area contributed by atoms with Crippen LogP contribution in [0.1, 0.15) is 50.8 Å². The molecule has 1 aliphatic heterocycles. The largest absolute Gasteiger partial charge is 0.496 e. The Morgan fingerprint density at radius 3 is 2.67 bits per heavy atom. The van der Waals surface area contributed by atoms with Gasteiger partial charge in [0, 0.05) is 22.8 Å². The second-order valence-corrected chi connectivity index (χ2v) is 11.4. The van der Waals surface area contributed by atoms with Gasteiger partial charge in [0.2, 0.25) is 0 Å². The number of aromatic carboxylic acids is 1. The third-order valence-electron chi connectivity index (χ3n) is 7.95. The number of aromatic nitrogens is 1. The first kappa shape index (κ1) is 26.0. The van der Waals surface area contributed by atoms with Crippen LogP contribution < -0.4 is 19.6 Å². The van der Waals surface area contributed by atoms with Gasteiger partial charge in [0.15, 0.2) is 4.80 Å². The maximum Gasteiger partial charge on any atom is 0.335 e. The van der Waals surface area contributed by atoms with Crippen LogP contribution in [-0.4, -0.2) is 22.8 Å². The van der Waals surface area contributed by atoms with Gasteiger partial charge >= 0.3 is 5.97 Å². The molecule has 0 saturated carbocycles. The monoisotopic (exact) mass is 574 g/mol. The van der Waals surface area contributed by atoms with Gasteiger partial charge in [-0.1, -0.05) is 59.9 Å². The van der Waals surface area contributed by atoms with E-state index in [1.807, 2.05) is 49.4 Å². The highest BCUT2D eigenvalue weighted by Gasteiger charge is 2.34. The number of methoxy groups -OCH3 is 1. The predicted molar refractivity (Wildman–Crippen MR) is 162 cm³/mol. The minimum atomic E-state index is -0.975. The molecule has 2 aromatic heterocycles. The van der Waals surface area contributed by atoms with E-state index in [2.05, 4.69) is 18.2 Å². The fraction of sp³-hybridized carbons (Fsp3) is 0.147. The van der Waals surface area contributed by atoms with Gasteiger partial charge in [-0.25, -0.2) is 9.79 Å². The van der Waals surface area contributed by atoms with Crippen LogP contribution in [0, 0.1) is 6.92 Å². The number of aryl methyl sites for hydroxylation is 2. The van der Waals surface area contributed by atoms with Crippen molar-refractivity contribution in [1.29, 1.82) is 0 Å². The number of benzene rings is 3. The number of nitrogens with zero attached hydrogens (tertiary/aromatic N) is 2. The summed E-state index contributed by atoms with van der Waals surface area (Å²) in [6, 6.07) is 24.4. The van der Waals surface area contributed by atoms with Crippen LogP contribution in [0.25, 0.3) is 23.1 Å². The molecule has 1 unspecified atom stereocenters. The zero-order chi connectivity index (χ0) is 29.0. The van der Waals surface area contributed by atoms with E-state index in [0.717, 1.165) is 52.1 Å². The molecule has 0 spiro atoms. The lowest BCUT2D eigenvalue weighted by atomic mass is 9.83. The third-order valence-corrected chi connectivity index (χ3v) is 8.93. The Kier molecular flexibility index (Phi) is 6.28. The predicted octanol–water partition coefficient (Wildman–Crippen LogP) is 5.59. The summed E-state index contributed by atoms with van der Waals surface area (Å²) in [6.45, 7) is 1.85. The quantitative estimate of drug-likeness (QED) is 0.295. The lowest BCUT2D eigenvalue weighted by Gasteiger charge is -2.31. The number of carboxylic acids is 1. The summed E-state index contributed by atoms with van der Waals surface area (Å²) < 4.78 is 14.2. The molecule has 7 nitrogen and oxygen atoms in total. The lowest BCUT2D eigenvalue weighted by molar-refractivity contribution is 0.0696. The summed E-state index contributed by atoms with van der Waals surface area (Å²) in [5.74, 6) is 0.878. The molecular formula is C34H26N2O5S. The molecule has 8 heteroatoms. The number of ether oxygens (including phenoxy) is 1. The van der Waals surface area contributed by atoms with E-state index in [4.69, 9.17) is 14.1 Å². The lowest BCUT2D eigenvalue weighted by Crippen LogP contribution is -2.38. The Morgan fingerprint density at radius 2 is 1.86 bits per heavy atom.